The lowest BCUT2D eigenvalue weighted by Gasteiger charge is -2.06. The van der Waals surface area contributed by atoms with Crippen LogP contribution in [-0.2, 0) is 6.54 Å². The lowest BCUT2D eigenvalue weighted by Crippen LogP contribution is -2.05. The van der Waals surface area contributed by atoms with Gasteiger partial charge in [-0.25, -0.2) is 9.48 Å². The van der Waals surface area contributed by atoms with Crippen molar-refractivity contribution in [3.8, 4) is 11.3 Å². The van der Waals surface area contributed by atoms with Gasteiger partial charge in [-0.3, -0.25) is 4.98 Å². The van der Waals surface area contributed by atoms with Crippen LogP contribution in [0.5, 0.6) is 0 Å². The molecule has 0 unspecified atom stereocenters. The summed E-state index contributed by atoms with van der Waals surface area (Å²) in [6, 6.07) is 3.54. The summed E-state index contributed by atoms with van der Waals surface area (Å²) in [7, 11) is 0. The zero-order chi connectivity index (χ0) is 15.1. The molecule has 0 bridgehead atoms. The van der Waals surface area contributed by atoms with E-state index < -0.39 is 5.97 Å². The van der Waals surface area contributed by atoms with Gasteiger partial charge in [0.2, 0.25) is 0 Å². The average molecular weight is 290 g/mol. The van der Waals surface area contributed by atoms with Crippen molar-refractivity contribution < 1.29 is 15.0 Å². The number of aliphatic hydroxyl groups is 1. The predicted molar refractivity (Wildman–Crippen MR) is 75.8 cm³/mol. The molecule has 0 saturated carbocycles. The summed E-state index contributed by atoms with van der Waals surface area (Å²) in [5, 5.41) is 25.7. The standard InChI is InChI=1S/C14H18N4O3/c19-9-4-2-1-3-8-18-13(11-6-5-7-15-10-11)12(14(20)21)16-17-18/h5-7,10,19H,1-4,8-9H2,(H,20,21). The minimum absolute atomic E-state index is 0.0571. The number of aryl methyl sites for hydroxylation is 1. The quantitative estimate of drug-likeness (QED) is 0.716. The van der Waals surface area contributed by atoms with E-state index in [1.807, 2.05) is 0 Å². The van der Waals surface area contributed by atoms with Crippen LogP contribution in [-0.4, -0.2) is 42.8 Å². The first kappa shape index (κ1) is 15.1. The second-order valence-corrected chi connectivity index (χ2v) is 4.69. The molecule has 0 amide bonds. The molecule has 2 aromatic rings. The third kappa shape index (κ3) is 3.85. The predicted octanol–water partition coefficient (Wildman–Crippen LogP) is 1.59. The Morgan fingerprint density at radius 3 is 2.71 bits per heavy atom. The van der Waals surface area contributed by atoms with E-state index in [9.17, 15) is 9.90 Å². The third-order valence-corrected chi connectivity index (χ3v) is 3.15. The summed E-state index contributed by atoms with van der Waals surface area (Å²) >= 11 is 0. The zero-order valence-corrected chi connectivity index (χ0v) is 11.6. The number of carbonyl (C=O) groups is 1. The van der Waals surface area contributed by atoms with Crippen LogP contribution in [0.15, 0.2) is 24.5 Å². The minimum atomic E-state index is -1.10. The maximum Gasteiger partial charge on any atom is 0.358 e. The van der Waals surface area contributed by atoms with E-state index >= 15 is 0 Å². The largest absolute Gasteiger partial charge is 0.476 e. The molecule has 0 aliphatic rings. The van der Waals surface area contributed by atoms with Crippen LogP contribution in [0.4, 0.5) is 0 Å². The van der Waals surface area contributed by atoms with Crippen molar-refractivity contribution in [1.82, 2.24) is 20.0 Å². The first-order chi connectivity index (χ1) is 10.2. The Hall–Kier alpha value is -2.28. The number of carboxylic acids is 1. The summed E-state index contributed by atoms with van der Waals surface area (Å²) in [5.74, 6) is -1.10. The molecule has 0 aliphatic carbocycles. The molecule has 21 heavy (non-hydrogen) atoms. The summed E-state index contributed by atoms with van der Waals surface area (Å²) in [4.78, 5) is 15.3. The lowest BCUT2D eigenvalue weighted by atomic mass is 10.1. The first-order valence-corrected chi connectivity index (χ1v) is 6.92. The van der Waals surface area contributed by atoms with Gasteiger partial charge in [0.25, 0.3) is 0 Å². The van der Waals surface area contributed by atoms with Gasteiger partial charge in [-0.05, 0) is 25.0 Å². The van der Waals surface area contributed by atoms with Gasteiger partial charge in [0.15, 0.2) is 5.69 Å². The Labute approximate surface area is 122 Å². The molecule has 0 atom stereocenters. The van der Waals surface area contributed by atoms with Crippen LogP contribution in [0, 0.1) is 0 Å². The molecule has 7 heteroatoms. The number of hydrogen-bond donors (Lipinski definition) is 2. The molecule has 0 saturated heterocycles. The highest BCUT2D eigenvalue weighted by atomic mass is 16.4. The van der Waals surface area contributed by atoms with Gasteiger partial charge >= 0.3 is 5.97 Å². The molecule has 0 fully saturated rings. The van der Waals surface area contributed by atoms with E-state index in [0.29, 0.717) is 17.8 Å². The maximum absolute atomic E-state index is 11.3. The fraction of sp³-hybridized carbons (Fsp3) is 0.429. The molecule has 112 valence electrons. The number of rotatable bonds is 8. The third-order valence-electron chi connectivity index (χ3n) is 3.15. The van der Waals surface area contributed by atoms with E-state index in [4.69, 9.17) is 5.11 Å². The number of aliphatic hydroxyl groups excluding tert-OH is 1. The Balaban J connectivity index is 2.16. The van der Waals surface area contributed by atoms with Crippen molar-refractivity contribution >= 4 is 5.97 Å². The zero-order valence-electron chi connectivity index (χ0n) is 11.6. The van der Waals surface area contributed by atoms with Crippen LogP contribution >= 0.6 is 0 Å². The molecule has 2 rings (SSSR count). The molecule has 2 N–H and O–H groups in total. The summed E-state index contributed by atoms with van der Waals surface area (Å²) in [5.41, 5.74) is 1.12. The molecule has 0 radical (unpaired) electrons. The van der Waals surface area contributed by atoms with Gasteiger partial charge in [-0.15, -0.1) is 5.10 Å². The van der Waals surface area contributed by atoms with Gasteiger partial charge in [0.1, 0.15) is 5.69 Å². The van der Waals surface area contributed by atoms with E-state index in [2.05, 4.69) is 15.3 Å². The van der Waals surface area contributed by atoms with Gasteiger partial charge in [0, 0.05) is 31.1 Å². The van der Waals surface area contributed by atoms with Crippen molar-refractivity contribution in [2.75, 3.05) is 6.61 Å². The number of carboxylic acid groups (broad SMARTS) is 1. The highest BCUT2D eigenvalue weighted by Gasteiger charge is 2.20. The van der Waals surface area contributed by atoms with Crippen LogP contribution < -0.4 is 0 Å². The van der Waals surface area contributed by atoms with E-state index in [-0.39, 0.29) is 12.3 Å². The molecule has 2 heterocycles. The average Bonchev–Trinajstić information content (AvgIpc) is 2.92. The number of pyridine rings is 1. The highest BCUT2D eigenvalue weighted by molar-refractivity contribution is 5.92. The monoisotopic (exact) mass is 290 g/mol. The molecule has 0 aliphatic heterocycles. The minimum Gasteiger partial charge on any atom is -0.476 e. The number of aromatic carboxylic acids is 1. The van der Waals surface area contributed by atoms with Crippen molar-refractivity contribution in [3.63, 3.8) is 0 Å². The van der Waals surface area contributed by atoms with Crippen molar-refractivity contribution in [2.45, 2.75) is 32.2 Å². The Kier molecular flexibility index (Phi) is 5.39. The summed E-state index contributed by atoms with van der Waals surface area (Å²) in [6.45, 7) is 0.795. The summed E-state index contributed by atoms with van der Waals surface area (Å²) < 4.78 is 1.61. The van der Waals surface area contributed by atoms with Crippen molar-refractivity contribution in [3.05, 3.63) is 30.2 Å². The Bertz CT molecular complexity index is 583. The molecule has 2 aromatic heterocycles. The lowest BCUT2D eigenvalue weighted by molar-refractivity contribution is 0.0691. The van der Waals surface area contributed by atoms with Crippen LogP contribution in [0.1, 0.15) is 36.2 Å². The number of nitrogens with zero attached hydrogens (tertiary/aromatic N) is 4. The van der Waals surface area contributed by atoms with Crippen molar-refractivity contribution in [1.29, 1.82) is 0 Å². The number of unbranched alkanes of at least 4 members (excludes halogenated alkanes) is 3. The molecular formula is C14H18N4O3. The smallest absolute Gasteiger partial charge is 0.358 e. The number of aromatic nitrogens is 4. The fourth-order valence-electron chi connectivity index (χ4n) is 2.13. The molecule has 0 aromatic carbocycles. The van der Waals surface area contributed by atoms with Gasteiger partial charge in [-0.1, -0.05) is 18.1 Å². The van der Waals surface area contributed by atoms with E-state index in [0.717, 1.165) is 25.7 Å². The number of hydrogen-bond acceptors (Lipinski definition) is 5. The second-order valence-electron chi connectivity index (χ2n) is 4.69. The highest BCUT2D eigenvalue weighted by Crippen LogP contribution is 2.21. The fourth-order valence-corrected chi connectivity index (χ4v) is 2.13. The molecular weight excluding hydrogens is 272 g/mol. The first-order valence-electron chi connectivity index (χ1n) is 6.92. The maximum atomic E-state index is 11.3. The second kappa shape index (κ2) is 7.49. The van der Waals surface area contributed by atoms with E-state index in [1.54, 1.807) is 29.2 Å². The van der Waals surface area contributed by atoms with Crippen LogP contribution in [0.2, 0.25) is 0 Å². The normalized spacial score (nSPS) is 10.7. The van der Waals surface area contributed by atoms with Crippen LogP contribution in [0.25, 0.3) is 11.3 Å². The SMILES string of the molecule is O=C(O)c1nnn(CCCCCCO)c1-c1cccnc1. The molecule has 0 spiro atoms. The Morgan fingerprint density at radius 2 is 2.05 bits per heavy atom. The Morgan fingerprint density at radius 1 is 1.24 bits per heavy atom. The van der Waals surface area contributed by atoms with Gasteiger partial charge in [0.05, 0.1) is 0 Å². The van der Waals surface area contributed by atoms with Crippen LogP contribution in [0.3, 0.4) is 0 Å². The summed E-state index contributed by atoms with van der Waals surface area (Å²) in [6.07, 6.45) is 6.78. The van der Waals surface area contributed by atoms with Crippen molar-refractivity contribution in [2.24, 2.45) is 0 Å². The van der Waals surface area contributed by atoms with Gasteiger partial charge in [-0.2, -0.15) is 0 Å². The topological polar surface area (TPSA) is 101 Å². The van der Waals surface area contributed by atoms with E-state index in [1.165, 1.54) is 0 Å². The van der Waals surface area contributed by atoms with Gasteiger partial charge < -0.3 is 10.2 Å². The molecule has 7 nitrogen and oxygen atoms in total.